The van der Waals surface area contributed by atoms with Crippen LogP contribution in [0.4, 0.5) is 4.79 Å². The molecule has 1 aromatic rings. The highest BCUT2D eigenvalue weighted by Gasteiger charge is 2.15. The Kier molecular flexibility index (Phi) is 10.2. The Morgan fingerprint density at radius 1 is 1.15 bits per heavy atom. The maximum Gasteiger partial charge on any atom is 0.407 e. The van der Waals surface area contributed by atoms with Gasteiger partial charge in [0.25, 0.3) is 0 Å². The molecule has 0 spiro atoms. The molecule has 1 heterocycles. The van der Waals surface area contributed by atoms with Crippen LogP contribution >= 0.6 is 0 Å². The van der Waals surface area contributed by atoms with Gasteiger partial charge in [-0.3, -0.25) is 4.99 Å². The van der Waals surface area contributed by atoms with Gasteiger partial charge in [-0.2, -0.15) is 0 Å². The molecule has 1 rings (SSSR count). The van der Waals surface area contributed by atoms with Crippen LogP contribution in [0.2, 0.25) is 0 Å². The van der Waals surface area contributed by atoms with Gasteiger partial charge in [-0.15, -0.1) is 0 Å². The van der Waals surface area contributed by atoms with E-state index in [0.717, 1.165) is 31.1 Å². The fraction of sp³-hybridized carbons (Fsp3) is 0.667. The first kappa shape index (κ1) is 21.8. The number of amides is 1. The van der Waals surface area contributed by atoms with Crippen molar-refractivity contribution in [3.63, 3.8) is 0 Å². The molecule has 0 saturated heterocycles. The lowest BCUT2D eigenvalue weighted by atomic mass is 10.2. The lowest BCUT2D eigenvalue weighted by Gasteiger charge is -2.19. The highest BCUT2D eigenvalue weighted by Crippen LogP contribution is 2.06. The van der Waals surface area contributed by atoms with Gasteiger partial charge < -0.3 is 29.8 Å². The second-order valence-electron chi connectivity index (χ2n) is 6.69. The van der Waals surface area contributed by atoms with Crippen LogP contribution in [-0.2, 0) is 16.1 Å². The van der Waals surface area contributed by atoms with E-state index < -0.39 is 11.7 Å². The number of nitrogens with zero attached hydrogens (tertiary/aromatic N) is 1. The SMILES string of the molecule is CN=C(NCCCNC(=O)OC(C)(C)C)NCCCOCc1ccco1. The van der Waals surface area contributed by atoms with Crippen LogP contribution in [0.25, 0.3) is 0 Å². The standard InChI is InChI=1S/C18H32N4O4/c1-18(2,3)26-17(23)22-10-6-9-20-16(19-4)21-11-7-12-24-14-15-8-5-13-25-15/h5,8,13H,6-7,9-12,14H2,1-4H3,(H,22,23)(H2,19,20,21). The van der Waals surface area contributed by atoms with E-state index in [1.54, 1.807) is 13.3 Å². The third kappa shape index (κ3) is 11.4. The van der Waals surface area contributed by atoms with Crippen molar-refractivity contribution >= 4 is 12.1 Å². The summed E-state index contributed by atoms with van der Waals surface area (Å²) in [5.74, 6) is 1.56. The van der Waals surface area contributed by atoms with Crippen molar-refractivity contribution in [1.82, 2.24) is 16.0 Å². The maximum absolute atomic E-state index is 11.5. The number of furan rings is 1. The molecule has 3 N–H and O–H groups in total. The molecule has 1 amide bonds. The zero-order chi connectivity index (χ0) is 19.3. The fourth-order valence-electron chi connectivity index (χ4n) is 1.97. The minimum Gasteiger partial charge on any atom is -0.467 e. The zero-order valence-electron chi connectivity index (χ0n) is 16.3. The number of aliphatic imine (C=N–C) groups is 1. The summed E-state index contributed by atoms with van der Waals surface area (Å²) in [6.07, 6.45) is 2.88. The molecule has 0 saturated carbocycles. The van der Waals surface area contributed by atoms with E-state index in [-0.39, 0.29) is 0 Å². The highest BCUT2D eigenvalue weighted by molar-refractivity contribution is 5.79. The quantitative estimate of drug-likeness (QED) is 0.333. The largest absolute Gasteiger partial charge is 0.467 e. The van der Waals surface area contributed by atoms with Crippen molar-refractivity contribution in [3.05, 3.63) is 24.2 Å². The number of ether oxygens (including phenoxy) is 2. The molecule has 26 heavy (non-hydrogen) atoms. The number of guanidine groups is 1. The number of hydrogen-bond donors (Lipinski definition) is 3. The second-order valence-corrected chi connectivity index (χ2v) is 6.69. The average molecular weight is 368 g/mol. The second kappa shape index (κ2) is 12.2. The predicted molar refractivity (Wildman–Crippen MR) is 101 cm³/mol. The summed E-state index contributed by atoms with van der Waals surface area (Å²) in [6.45, 7) is 8.65. The monoisotopic (exact) mass is 368 g/mol. The summed E-state index contributed by atoms with van der Waals surface area (Å²) >= 11 is 0. The molecule has 8 heteroatoms. The van der Waals surface area contributed by atoms with Gasteiger partial charge in [-0.05, 0) is 45.7 Å². The van der Waals surface area contributed by atoms with E-state index in [2.05, 4.69) is 20.9 Å². The number of nitrogens with one attached hydrogen (secondary N) is 3. The normalized spacial score (nSPS) is 11.9. The van der Waals surface area contributed by atoms with Crippen LogP contribution in [0, 0.1) is 0 Å². The lowest BCUT2D eigenvalue weighted by molar-refractivity contribution is 0.0527. The van der Waals surface area contributed by atoms with E-state index in [9.17, 15) is 4.79 Å². The summed E-state index contributed by atoms with van der Waals surface area (Å²) in [7, 11) is 1.72. The van der Waals surface area contributed by atoms with E-state index >= 15 is 0 Å². The van der Waals surface area contributed by atoms with E-state index in [4.69, 9.17) is 13.9 Å². The first-order valence-corrected chi connectivity index (χ1v) is 8.92. The van der Waals surface area contributed by atoms with E-state index in [0.29, 0.717) is 26.3 Å². The lowest BCUT2D eigenvalue weighted by Crippen LogP contribution is -2.39. The molecule has 0 radical (unpaired) electrons. The maximum atomic E-state index is 11.5. The topological polar surface area (TPSA) is 97.1 Å². The van der Waals surface area contributed by atoms with Crippen molar-refractivity contribution in [2.24, 2.45) is 4.99 Å². The predicted octanol–water partition coefficient (Wildman–Crippen LogP) is 2.27. The Morgan fingerprint density at radius 2 is 1.85 bits per heavy atom. The van der Waals surface area contributed by atoms with Gasteiger partial charge in [0.15, 0.2) is 5.96 Å². The van der Waals surface area contributed by atoms with Crippen LogP contribution in [0.5, 0.6) is 0 Å². The van der Waals surface area contributed by atoms with Gasteiger partial charge in [0.05, 0.1) is 6.26 Å². The Morgan fingerprint density at radius 3 is 2.46 bits per heavy atom. The molecule has 0 atom stereocenters. The molecular weight excluding hydrogens is 336 g/mol. The Labute approximate surface area is 155 Å². The molecule has 0 unspecified atom stereocenters. The van der Waals surface area contributed by atoms with Gasteiger partial charge in [-0.1, -0.05) is 0 Å². The van der Waals surface area contributed by atoms with Gasteiger partial charge in [0.2, 0.25) is 0 Å². The average Bonchev–Trinajstić information content (AvgIpc) is 3.07. The molecule has 0 bridgehead atoms. The molecule has 0 aliphatic carbocycles. The third-order valence-corrected chi connectivity index (χ3v) is 3.12. The van der Waals surface area contributed by atoms with E-state index in [1.165, 1.54) is 0 Å². The molecule has 0 fully saturated rings. The summed E-state index contributed by atoms with van der Waals surface area (Å²) in [4.78, 5) is 15.7. The van der Waals surface area contributed by atoms with Crippen molar-refractivity contribution in [3.8, 4) is 0 Å². The molecule has 0 aliphatic rings. The molecule has 148 valence electrons. The number of alkyl carbamates (subject to hydrolysis) is 1. The van der Waals surface area contributed by atoms with Crippen molar-refractivity contribution in [2.75, 3.05) is 33.3 Å². The summed E-state index contributed by atoms with van der Waals surface area (Å²) in [6, 6.07) is 3.74. The van der Waals surface area contributed by atoms with Crippen LogP contribution < -0.4 is 16.0 Å². The van der Waals surface area contributed by atoms with Crippen molar-refractivity contribution in [2.45, 2.75) is 45.8 Å². The Balaban J connectivity index is 1.98. The summed E-state index contributed by atoms with van der Waals surface area (Å²) in [5, 5.41) is 9.14. The van der Waals surface area contributed by atoms with Crippen molar-refractivity contribution < 1.29 is 18.7 Å². The molecule has 1 aromatic heterocycles. The zero-order valence-corrected chi connectivity index (χ0v) is 16.3. The van der Waals surface area contributed by atoms with Crippen molar-refractivity contribution in [1.29, 1.82) is 0 Å². The fourth-order valence-corrected chi connectivity index (χ4v) is 1.97. The molecule has 0 aliphatic heterocycles. The number of carbonyl (C=O) groups is 1. The van der Waals surface area contributed by atoms with Crippen LogP contribution in [0.15, 0.2) is 27.8 Å². The molecule has 0 aromatic carbocycles. The minimum atomic E-state index is -0.476. The Hall–Kier alpha value is -2.22. The van der Waals surface area contributed by atoms with Crippen LogP contribution in [0.3, 0.4) is 0 Å². The number of hydrogen-bond acceptors (Lipinski definition) is 5. The summed E-state index contributed by atoms with van der Waals surface area (Å²) in [5.41, 5.74) is -0.476. The number of carbonyl (C=O) groups excluding carboxylic acids is 1. The first-order valence-electron chi connectivity index (χ1n) is 8.92. The Bertz CT molecular complexity index is 524. The van der Waals surface area contributed by atoms with Gasteiger partial charge >= 0.3 is 6.09 Å². The van der Waals surface area contributed by atoms with Crippen LogP contribution in [0.1, 0.15) is 39.4 Å². The summed E-state index contributed by atoms with van der Waals surface area (Å²) < 4.78 is 15.9. The van der Waals surface area contributed by atoms with Gasteiger partial charge in [0, 0.05) is 33.3 Å². The van der Waals surface area contributed by atoms with E-state index in [1.807, 2.05) is 32.9 Å². The first-order chi connectivity index (χ1) is 12.4. The van der Waals surface area contributed by atoms with Gasteiger partial charge in [0.1, 0.15) is 18.0 Å². The van der Waals surface area contributed by atoms with Gasteiger partial charge in [-0.25, -0.2) is 4.79 Å². The van der Waals surface area contributed by atoms with Crippen LogP contribution in [-0.4, -0.2) is 50.9 Å². The molecular formula is C18H32N4O4. The highest BCUT2D eigenvalue weighted by atomic mass is 16.6. The smallest absolute Gasteiger partial charge is 0.407 e. The molecule has 8 nitrogen and oxygen atoms in total. The number of rotatable bonds is 10. The third-order valence-electron chi connectivity index (χ3n) is 3.12. The minimum absolute atomic E-state index is 0.394.